The SMILES string of the molecule is CCC1c2cc(Cl)ccc2Oc2ccccc2C1CN(C)COC(=O)C1CCC(C(C)(C)C)CC1. The Morgan fingerprint density at radius 3 is 2.40 bits per heavy atom. The highest BCUT2D eigenvalue weighted by Crippen LogP contribution is 2.48. The summed E-state index contributed by atoms with van der Waals surface area (Å²) in [5, 5.41) is 0.721. The summed E-state index contributed by atoms with van der Waals surface area (Å²) in [5.41, 5.74) is 2.64. The number of para-hydroxylation sites is 1. The van der Waals surface area contributed by atoms with Crippen molar-refractivity contribution in [2.45, 2.75) is 71.6 Å². The van der Waals surface area contributed by atoms with E-state index in [1.165, 1.54) is 5.56 Å². The third kappa shape index (κ3) is 6.03. The number of carbonyl (C=O) groups excluding carboxylic acids is 1. The molecule has 1 saturated carbocycles. The molecule has 190 valence electrons. The quantitative estimate of drug-likeness (QED) is 0.299. The number of ether oxygens (including phenoxy) is 2. The van der Waals surface area contributed by atoms with Crippen molar-refractivity contribution in [3.05, 3.63) is 58.6 Å². The second-order valence-electron chi connectivity index (χ2n) is 11.5. The van der Waals surface area contributed by atoms with E-state index in [1.807, 2.05) is 37.4 Å². The van der Waals surface area contributed by atoms with Gasteiger partial charge in [0.1, 0.15) is 18.2 Å². The van der Waals surface area contributed by atoms with Crippen molar-refractivity contribution in [3.63, 3.8) is 0 Å². The second kappa shape index (κ2) is 10.9. The second-order valence-corrected chi connectivity index (χ2v) is 11.9. The standard InChI is InChI=1S/C30H40ClNO3/c1-6-23-25-17-22(31)15-16-28(25)35-27-10-8-7-9-24(27)26(23)18-32(5)19-34-29(33)20-11-13-21(14-12-20)30(2,3)4/h7-10,15-17,20-21,23,26H,6,11-14,18-19H2,1-5H3. The third-order valence-electron chi connectivity index (χ3n) is 8.06. The van der Waals surface area contributed by atoms with E-state index in [1.54, 1.807) is 0 Å². The maximum atomic E-state index is 12.8. The Balaban J connectivity index is 1.43. The number of benzene rings is 2. The molecular weight excluding hydrogens is 458 g/mol. The molecule has 1 heterocycles. The van der Waals surface area contributed by atoms with Crippen LogP contribution in [0.1, 0.15) is 82.8 Å². The number of likely N-dealkylation sites (N-methyl/N-ethyl adjacent to an activating group) is 1. The first-order valence-corrected chi connectivity index (χ1v) is 13.5. The molecule has 4 nitrogen and oxygen atoms in total. The fourth-order valence-corrected chi connectivity index (χ4v) is 6.12. The Morgan fingerprint density at radius 2 is 1.71 bits per heavy atom. The molecule has 1 fully saturated rings. The number of carbonyl (C=O) groups is 1. The molecule has 0 bridgehead atoms. The van der Waals surface area contributed by atoms with Gasteiger partial charge in [-0.15, -0.1) is 0 Å². The van der Waals surface area contributed by atoms with Gasteiger partial charge in [-0.05, 0) is 91.8 Å². The van der Waals surface area contributed by atoms with Gasteiger partial charge in [0.05, 0.1) is 5.92 Å². The summed E-state index contributed by atoms with van der Waals surface area (Å²) in [6.45, 7) is 10.2. The van der Waals surface area contributed by atoms with Crippen molar-refractivity contribution in [2.75, 3.05) is 20.3 Å². The predicted octanol–water partition coefficient (Wildman–Crippen LogP) is 8.01. The van der Waals surface area contributed by atoms with E-state index in [9.17, 15) is 4.79 Å². The normalized spacial score (nSPS) is 24.2. The average Bonchev–Trinajstić information content (AvgIpc) is 2.96. The monoisotopic (exact) mass is 497 g/mol. The topological polar surface area (TPSA) is 38.8 Å². The Bertz CT molecular complexity index is 1020. The summed E-state index contributed by atoms with van der Waals surface area (Å²) in [4.78, 5) is 15.0. The molecule has 1 aliphatic carbocycles. The van der Waals surface area contributed by atoms with E-state index >= 15 is 0 Å². The maximum absolute atomic E-state index is 12.8. The fourth-order valence-electron chi connectivity index (χ4n) is 5.94. The van der Waals surface area contributed by atoms with Gasteiger partial charge in [-0.2, -0.15) is 0 Å². The number of rotatable bonds is 6. The van der Waals surface area contributed by atoms with Crippen LogP contribution in [0.3, 0.4) is 0 Å². The number of hydrogen-bond donors (Lipinski definition) is 0. The Kier molecular flexibility index (Phi) is 8.12. The van der Waals surface area contributed by atoms with E-state index in [-0.39, 0.29) is 23.7 Å². The minimum atomic E-state index is -0.0435. The summed E-state index contributed by atoms with van der Waals surface area (Å²) in [5.74, 6) is 2.88. The smallest absolute Gasteiger partial charge is 0.310 e. The van der Waals surface area contributed by atoms with E-state index in [0.717, 1.165) is 60.7 Å². The largest absolute Gasteiger partial charge is 0.457 e. The van der Waals surface area contributed by atoms with E-state index < -0.39 is 0 Å². The molecule has 0 aromatic heterocycles. The number of fused-ring (bicyclic) bond motifs is 2. The van der Waals surface area contributed by atoms with Crippen LogP contribution in [0.5, 0.6) is 11.5 Å². The lowest BCUT2D eigenvalue weighted by Crippen LogP contribution is -2.34. The van der Waals surface area contributed by atoms with Crippen molar-refractivity contribution < 1.29 is 14.3 Å². The van der Waals surface area contributed by atoms with Crippen molar-refractivity contribution in [2.24, 2.45) is 17.3 Å². The van der Waals surface area contributed by atoms with Gasteiger partial charge in [-0.1, -0.05) is 57.5 Å². The molecule has 0 spiro atoms. The number of nitrogens with zero attached hydrogens (tertiary/aromatic N) is 1. The van der Waals surface area contributed by atoms with Gasteiger partial charge in [0.15, 0.2) is 0 Å². The molecule has 0 radical (unpaired) electrons. The molecule has 0 saturated heterocycles. The zero-order valence-corrected chi connectivity index (χ0v) is 22.6. The first-order chi connectivity index (χ1) is 16.7. The van der Waals surface area contributed by atoms with Crippen LogP contribution >= 0.6 is 11.6 Å². The highest BCUT2D eigenvalue weighted by Gasteiger charge is 2.34. The Labute approximate surface area is 215 Å². The van der Waals surface area contributed by atoms with E-state index in [4.69, 9.17) is 21.1 Å². The van der Waals surface area contributed by atoms with Gasteiger partial charge in [-0.3, -0.25) is 9.69 Å². The van der Waals surface area contributed by atoms with Crippen molar-refractivity contribution in [3.8, 4) is 11.5 Å². The molecule has 0 amide bonds. The van der Waals surface area contributed by atoms with Crippen LogP contribution in [0.4, 0.5) is 0 Å². The van der Waals surface area contributed by atoms with Crippen LogP contribution < -0.4 is 4.74 Å². The fraction of sp³-hybridized carbons (Fsp3) is 0.567. The maximum Gasteiger partial charge on any atom is 0.310 e. The zero-order chi connectivity index (χ0) is 25.2. The summed E-state index contributed by atoms with van der Waals surface area (Å²) < 4.78 is 12.2. The number of esters is 1. The lowest BCUT2D eigenvalue weighted by Gasteiger charge is -2.36. The lowest BCUT2D eigenvalue weighted by molar-refractivity contribution is -0.154. The highest BCUT2D eigenvalue weighted by atomic mass is 35.5. The molecule has 2 atom stereocenters. The van der Waals surface area contributed by atoms with Crippen LogP contribution in [0, 0.1) is 17.3 Å². The van der Waals surface area contributed by atoms with Crippen LogP contribution in [0.2, 0.25) is 5.02 Å². The van der Waals surface area contributed by atoms with Crippen molar-refractivity contribution in [1.29, 1.82) is 0 Å². The molecule has 2 aromatic rings. The van der Waals surface area contributed by atoms with Crippen LogP contribution in [-0.4, -0.2) is 31.2 Å². The van der Waals surface area contributed by atoms with Gasteiger partial charge < -0.3 is 9.47 Å². The third-order valence-corrected chi connectivity index (χ3v) is 8.29. The Hall–Kier alpha value is -2.04. The van der Waals surface area contributed by atoms with Gasteiger partial charge in [0.25, 0.3) is 0 Å². The predicted molar refractivity (Wildman–Crippen MR) is 142 cm³/mol. The first kappa shape index (κ1) is 26.0. The molecular formula is C30H40ClNO3. The minimum Gasteiger partial charge on any atom is -0.457 e. The van der Waals surface area contributed by atoms with Gasteiger partial charge in [0, 0.05) is 17.5 Å². The Morgan fingerprint density at radius 1 is 1.03 bits per heavy atom. The van der Waals surface area contributed by atoms with Gasteiger partial charge >= 0.3 is 5.97 Å². The molecule has 35 heavy (non-hydrogen) atoms. The molecule has 4 rings (SSSR count). The lowest BCUT2D eigenvalue weighted by atomic mass is 9.70. The molecule has 5 heteroatoms. The van der Waals surface area contributed by atoms with Crippen LogP contribution in [0.15, 0.2) is 42.5 Å². The zero-order valence-electron chi connectivity index (χ0n) is 21.9. The first-order valence-electron chi connectivity index (χ1n) is 13.1. The molecule has 2 aromatic carbocycles. The van der Waals surface area contributed by atoms with Gasteiger partial charge in [0.2, 0.25) is 0 Å². The summed E-state index contributed by atoms with van der Waals surface area (Å²) in [7, 11) is 2.03. The number of hydrogen-bond acceptors (Lipinski definition) is 4. The van der Waals surface area contributed by atoms with Crippen LogP contribution in [-0.2, 0) is 9.53 Å². The minimum absolute atomic E-state index is 0.0337. The average molecular weight is 498 g/mol. The van der Waals surface area contributed by atoms with E-state index in [0.29, 0.717) is 18.1 Å². The van der Waals surface area contributed by atoms with Crippen LogP contribution in [0.25, 0.3) is 0 Å². The van der Waals surface area contributed by atoms with Gasteiger partial charge in [-0.25, -0.2) is 0 Å². The van der Waals surface area contributed by atoms with Crippen molar-refractivity contribution >= 4 is 17.6 Å². The molecule has 0 N–H and O–H groups in total. The van der Waals surface area contributed by atoms with Crippen molar-refractivity contribution in [1.82, 2.24) is 4.90 Å². The molecule has 2 unspecified atom stereocenters. The summed E-state index contributed by atoms with van der Waals surface area (Å²) in [6.07, 6.45) is 5.05. The molecule has 2 aliphatic rings. The number of halogens is 1. The van der Waals surface area contributed by atoms with E-state index in [2.05, 4.69) is 44.7 Å². The summed E-state index contributed by atoms with van der Waals surface area (Å²) in [6, 6.07) is 14.2. The summed E-state index contributed by atoms with van der Waals surface area (Å²) >= 11 is 6.39. The molecule has 1 aliphatic heterocycles. The highest BCUT2D eigenvalue weighted by molar-refractivity contribution is 6.30.